The second-order valence-corrected chi connectivity index (χ2v) is 6.92. The van der Waals surface area contributed by atoms with E-state index >= 15 is 0 Å². The Balaban J connectivity index is 1.90. The van der Waals surface area contributed by atoms with Gasteiger partial charge in [-0.2, -0.15) is 0 Å². The summed E-state index contributed by atoms with van der Waals surface area (Å²) in [5.41, 5.74) is 6.96. The topological polar surface area (TPSA) is 64.3 Å². The lowest BCUT2D eigenvalue weighted by molar-refractivity contribution is -0.170. The van der Waals surface area contributed by atoms with Crippen molar-refractivity contribution in [1.82, 2.24) is 5.32 Å². The van der Waals surface area contributed by atoms with E-state index in [9.17, 15) is 9.18 Å². The summed E-state index contributed by atoms with van der Waals surface area (Å²) in [6.45, 7) is 8.86. The molecular formula is C18H27FN2O2. The fraction of sp³-hybridized carbons (Fsp3) is 0.611. The highest BCUT2D eigenvalue weighted by Crippen LogP contribution is 2.49. The van der Waals surface area contributed by atoms with Gasteiger partial charge in [0.15, 0.2) is 0 Å². The van der Waals surface area contributed by atoms with Crippen LogP contribution in [0.5, 0.6) is 0 Å². The SMILES string of the molecule is CCOC1CC(N)(C(=O)NCCc2ccc(F)cc2C)C1(C)C. The number of carbonyl (C=O) groups excluding carboxylic acids is 1. The van der Waals surface area contributed by atoms with Crippen LogP contribution in [0.1, 0.15) is 38.3 Å². The molecule has 0 saturated heterocycles. The van der Waals surface area contributed by atoms with E-state index in [0.717, 1.165) is 11.1 Å². The Morgan fingerprint density at radius 1 is 1.48 bits per heavy atom. The van der Waals surface area contributed by atoms with E-state index < -0.39 is 5.54 Å². The summed E-state index contributed by atoms with van der Waals surface area (Å²) in [4.78, 5) is 12.5. The quantitative estimate of drug-likeness (QED) is 0.845. The molecule has 5 heteroatoms. The zero-order valence-corrected chi connectivity index (χ0v) is 14.4. The number of ether oxygens (including phenoxy) is 1. The van der Waals surface area contributed by atoms with Gasteiger partial charge in [0.2, 0.25) is 5.91 Å². The third-order valence-electron chi connectivity index (χ3n) is 5.22. The van der Waals surface area contributed by atoms with Crippen molar-refractivity contribution < 1.29 is 13.9 Å². The Hall–Kier alpha value is -1.46. The van der Waals surface area contributed by atoms with E-state index in [0.29, 0.717) is 26.0 Å². The van der Waals surface area contributed by atoms with Gasteiger partial charge in [0, 0.05) is 25.0 Å². The van der Waals surface area contributed by atoms with Crippen LogP contribution in [0.15, 0.2) is 18.2 Å². The van der Waals surface area contributed by atoms with Crippen LogP contribution in [0.3, 0.4) is 0 Å². The number of halogens is 1. The summed E-state index contributed by atoms with van der Waals surface area (Å²) in [5.74, 6) is -0.382. The molecular weight excluding hydrogens is 295 g/mol. The number of hydrogen-bond acceptors (Lipinski definition) is 3. The third-order valence-corrected chi connectivity index (χ3v) is 5.22. The van der Waals surface area contributed by atoms with Crippen molar-refractivity contribution in [3.8, 4) is 0 Å². The monoisotopic (exact) mass is 322 g/mol. The van der Waals surface area contributed by atoms with Crippen LogP contribution >= 0.6 is 0 Å². The number of aryl methyl sites for hydroxylation is 1. The molecule has 2 atom stereocenters. The Labute approximate surface area is 137 Å². The summed E-state index contributed by atoms with van der Waals surface area (Å²) >= 11 is 0. The van der Waals surface area contributed by atoms with Gasteiger partial charge < -0.3 is 15.8 Å². The summed E-state index contributed by atoms with van der Waals surface area (Å²) in [6, 6.07) is 4.70. The predicted molar refractivity (Wildman–Crippen MR) is 88.6 cm³/mol. The molecule has 1 amide bonds. The van der Waals surface area contributed by atoms with Crippen molar-refractivity contribution in [2.75, 3.05) is 13.2 Å². The molecule has 0 bridgehead atoms. The lowest BCUT2D eigenvalue weighted by atomic mass is 9.54. The highest BCUT2D eigenvalue weighted by Gasteiger charge is 2.62. The highest BCUT2D eigenvalue weighted by atomic mass is 19.1. The third kappa shape index (κ3) is 3.26. The van der Waals surface area contributed by atoms with Gasteiger partial charge in [-0.1, -0.05) is 19.9 Å². The van der Waals surface area contributed by atoms with Crippen LogP contribution in [0.2, 0.25) is 0 Å². The molecule has 23 heavy (non-hydrogen) atoms. The molecule has 0 aliphatic heterocycles. The van der Waals surface area contributed by atoms with Crippen LogP contribution in [0, 0.1) is 18.2 Å². The second kappa shape index (κ2) is 6.57. The van der Waals surface area contributed by atoms with Gasteiger partial charge in [-0.3, -0.25) is 4.79 Å². The maximum Gasteiger partial charge on any atom is 0.240 e. The van der Waals surface area contributed by atoms with Crippen molar-refractivity contribution >= 4 is 5.91 Å². The molecule has 4 nitrogen and oxygen atoms in total. The number of amides is 1. The van der Waals surface area contributed by atoms with E-state index in [1.165, 1.54) is 12.1 Å². The zero-order valence-electron chi connectivity index (χ0n) is 14.4. The summed E-state index contributed by atoms with van der Waals surface area (Å²) in [6.07, 6.45) is 1.21. The first-order chi connectivity index (χ1) is 10.7. The smallest absolute Gasteiger partial charge is 0.240 e. The van der Waals surface area contributed by atoms with E-state index in [-0.39, 0.29) is 23.2 Å². The molecule has 1 aliphatic rings. The largest absolute Gasteiger partial charge is 0.378 e. The molecule has 2 unspecified atom stereocenters. The van der Waals surface area contributed by atoms with E-state index in [4.69, 9.17) is 10.5 Å². The predicted octanol–water partition coefficient (Wildman–Crippen LogP) is 2.33. The lowest BCUT2D eigenvalue weighted by Crippen LogP contribution is -2.75. The minimum absolute atomic E-state index is 0.0163. The van der Waals surface area contributed by atoms with Gasteiger partial charge in [0.1, 0.15) is 11.4 Å². The molecule has 0 spiro atoms. The summed E-state index contributed by atoms with van der Waals surface area (Å²) < 4.78 is 18.7. The number of carbonyl (C=O) groups is 1. The fourth-order valence-electron chi connectivity index (χ4n) is 3.23. The minimum atomic E-state index is -0.898. The molecule has 1 saturated carbocycles. The van der Waals surface area contributed by atoms with Crippen molar-refractivity contribution in [2.45, 2.75) is 52.2 Å². The second-order valence-electron chi connectivity index (χ2n) is 6.92. The van der Waals surface area contributed by atoms with Gasteiger partial charge >= 0.3 is 0 Å². The number of hydrogen-bond donors (Lipinski definition) is 2. The molecule has 0 radical (unpaired) electrons. The zero-order chi connectivity index (χ0) is 17.3. The van der Waals surface area contributed by atoms with Crippen LogP contribution in [0.25, 0.3) is 0 Å². The standard InChI is InChI=1S/C18H27FN2O2/c1-5-23-15-11-18(20,17(15,3)4)16(22)21-9-8-13-6-7-14(19)10-12(13)2/h6-7,10,15H,5,8-9,11,20H2,1-4H3,(H,21,22). The summed E-state index contributed by atoms with van der Waals surface area (Å²) in [7, 11) is 0. The van der Waals surface area contributed by atoms with Crippen molar-refractivity contribution in [1.29, 1.82) is 0 Å². The molecule has 2 rings (SSSR count). The average molecular weight is 322 g/mol. The van der Waals surface area contributed by atoms with Gasteiger partial charge in [-0.15, -0.1) is 0 Å². The Bertz CT molecular complexity index is 588. The van der Waals surface area contributed by atoms with E-state index in [1.54, 1.807) is 6.07 Å². The Kier molecular flexibility index (Phi) is 5.11. The fourth-order valence-corrected chi connectivity index (χ4v) is 3.23. The van der Waals surface area contributed by atoms with E-state index in [2.05, 4.69) is 5.32 Å². The number of rotatable bonds is 6. The molecule has 0 aromatic heterocycles. The average Bonchev–Trinajstić information content (AvgIpc) is 2.48. The first-order valence-electron chi connectivity index (χ1n) is 8.16. The Morgan fingerprint density at radius 2 is 2.17 bits per heavy atom. The van der Waals surface area contributed by atoms with Gasteiger partial charge in [0.05, 0.1) is 6.10 Å². The molecule has 1 aromatic rings. The van der Waals surface area contributed by atoms with Gasteiger partial charge in [-0.25, -0.2) is 4.39 Å². The first-order valence-corrected chi connectivity index (χ1v) is 8.16. The molecule has 1 aromatic carbocycles. The van der Waals surface area contributed by atoms with Crippen molar-refractivity contribution in [2.24, 2.45) is 11.1 Å². The van der Waals surface area contributed by atoms with Gasteiger partial charge in [0.25, 0.3) is 0 Å². The number of benzene rings is 1. The lowest BCUT2D eigenvalue weighted by Gasteiger charge is -2.57. The normalized spacial score (nSPS) is 25.7. The molecule has 1 aliphatic carbocycles. The van der Waals surface area contributed by atoms with Crippen molar-refractivity contribution in [3.05, 3.63) is 35.1 Å². The van der Waals surface area contributed by atoms with Crippen LogP contribution in [-0.2, 0) is 16.0 Å². The maximum atomic E-state index is 13.1. The molecule has 0 heterocycles. The molecule has 3 N–H and O–H groups in total. The highest BCUT2D eigenvalue weighted by molar-refractivity contribution is 5.88. The first kappa shape index (κ1) is 17.9. The van der Waals surface area contributed by atoms with E-state index in [1.807, 2.05) is 27.7 Å². The summed E-state index contributed by atoms with van der Waals surface area (Å²) in [5, 5.41) is 2.92. The van der Waals surface area contributed by atoms with Crippen molar-refractivity contribution in [3.63, 3.8) is 0 Å². The van der Waals surface area contributed by atoms with Crippen LogP contribution in [-0.4, -0.2) is 30.7 Å². The molecule has 1 fully saturated rings. The molecule has 128 valence electrons. The Morgan fingerprint density at radius 3 is 2.74 bits per heavy atom. The minimum Gasteiger partial charge on any atom is -0.378 e. The maximum absolute atomic E-state index is 13.1. The number of nitrogens with two attached hydrogens (primary N) is 1. The van der Waals surface area contributed by atoms with Crippen LogP contribution in [0.4, 0.5) is 4.39 Å². The van der Waals surface area contributed by atoms with Crippen LogP contribution < -0.4 is 11.1 Å². The number of nitrogens with one attached hydrogen (secondary N) is 1. The van der Waals surface area contributed by atoms with Gasteiger partial charge in [-0.05, 0) is 43.5 Å².